The van der Waals surface area contributed by atoms with Crippen LogP contribution in [0.25, 0.3) is 0 Å². The zero-order valence-electron chi connectivity index (χ0n) is 13.1. The van der Waals surface area contributed by atoms with E-state index in [1.807, 2.05) is 0 Å². The van der Waals surface area contributed by atoms with E-state index in [0.29, 0.717) is 12.0 Å². The van der Waals surface area contributed by atoms with Crippen molar-refractivity contribution in [3.63, 3.8) is 0 Å². The van der Waals surface area contributed by atoms with Crippen LogP contribution in [-0.4, -0.2) is 48.8 Å². The van der Waals surface area contributed by atoms with Crippen LogP contribution < -0.4 is 5.32 Å². The number of nitrogens with one attached hydrogen (secondary N) is 1. The third-order valence-electron chi connectivity index (χ3n) is 5.52. The van der Waals surface area contributed by atoms with Gasteiger partial charge in [-0.25, -0.2) is 0 Å². The number of nitrogens with zero attached hydrogens (tertiary/aromatic N) is 1. The molecule has 0 spiro atoms. The first-order chi connectivity index (χ1) is 9.01. The van der Waals surface area contributed by atoms with Crippen molar-refractivity contribution < 1.29 is 5.11 Å². The molecule has 112 valence electrons. The van der Waals surface area contributed by atoms with E-state index in [0.717, 1.165) is 43.8 Å². The number of likely N-dealkylation sites (tertiary alicyclic amines) is 1. The lowest BCUT2D eigenvalue weighted by Gasteiger charge is -2.44. The molecular weight excluding hydrogens is 236 g/mol. The number of piperidine rings is 1. The maximum absolute atomic E-state index is 10.1. The Kier molecular flexibility index (Phi) is 5.27. The standard InChI is InChI=1S/C16H32N2O/c1-11-7-13(3)14(15(8-11)17-4)9-18-6-5-12(2)16(19)10-18/h11-17,19H,5-10H2,1-4H3. The highest BCUT2D eigenvalue weighted by Gasteiger charge is 2.35. The Morgan fingerprint density at radius 3 is 2.53 bits per heavy atom. The predicted octanol–water partition coefficient (Wildman–Crippen LogP) is 1.96. The summed E-state index contributed by atoms with van der Waals surface area (Å²) in [7, 11) is 2.11. The number of aliphatic hydroxyl groups excluding tert-OH is 1. The van der Waals surface area contributed by atoms with Gasteiger partial charge < -0.3 is 15.3 Å². The third kappa shape index (κ3) is 3.71. The van der Waals surface area contributed by atoms with Crippen LogP contribution in [0.5, 0.6) is 0 Å². The molecule has 1 saturated heterocycles. The fraction of sp³-hybridized carbons (Fsp3) is 1.00. The fourth-order valence-corrected chi connectivity index (χ4v) is 4.13. The molecule has 1 heterocycles. The molecule has 0 aromatic heterocycles. The molecular formula is C16H32N2O. The van der Waals surface area contributed by atoms with E-state index in [9.17, 15) is 5.11 Å². The summed E-state index contributed by atoms with van der Waals surface area (Å²) in [6.07, 6.45) is 3.68. The highest BCUT2D eigenvalue weighted by molar-refractivity contribution is 4.90. The van der Waals surface area contributed by atoms with Gasteiger partial charge in [-0.1, -0.05) is 20.8 Å². The summed E-state index contributed by atoms with van der Waals surface area (Å²) in [6.45, 7) is 10.1. The summed E-state index contributed by atoms with van der Waals surface area (Å²) in [5.41, 5.74) is 0. The first-order valence-electron chi connectivity index (χ1n) is 8.09. The number of aliphatic hydroxyl groups is 1. The van der Waals surface area contributed by atoms with Gasteiger partial charge in [-0.15, -0.1) is 0 Å². The van der Waals surface area contributed by atoms with Crippen molar-refractivity contribution in [2.75, 3.05) is 26.7 Å². The van der Waals surface area contributed by atoms with E-state index in [2.05, 4.69) is 38.0 Å². The second-order valence-electron chi connectivity index (χ2n) is 7.21. The smallest absolute Gasteiger partial charge is 0.0693 e. The average Bonchev–Trinajstić information content (AvgIpc) is 2.36. The quantitative estimate of drug-likeness (QED) is 0.821. The summed E-state index contributed by atoms with van der Waals surface area (Å²) in [5, 5.41) is 13.6. The Bertz CT molecular complexity index is 284. The number of rotatable bonds is 3. The molecule has 0 bridgehead atoms. The maximum Gasteiger partial charge on any atom is 0.0693 e. The first-order valence-corrected chi connectivity index (χ1v) is 8.09. The van der Waals surface area contributed by atoms with Crippen LogP contribution in [0.2, 0.25) is 0 Å². The summed E-state index contributed by atoms with van der Waals surface area (Å²) < 4.78 is 0. The van der Waals surface area contributed by atoms with E-state index in [1.54, 1.807) is 0 Å². The molecule has 6 atom stereocenters. The van der Waals surface area contributed by atoms with Gasteiger partial charge in [0.05, 0.1) is 6.10 Å². The number of hydrogen-bond acceptors (Lipinski definition) is 3. The topological polar surface area (TPSA) is 35.5 Å². The van der Waals surface area contributed by atoms with E-state index < -0.39 is 0 Å². The SMILES string of the molecule is CNC1CC(C)CC(C)C1CN1CCC(C)C(O)C1. The van der Waals surface area contributed by atoms with Crippen LogP contribution in [0.15, 0.2) is 0 Å². The monoisotopic (exact) mass is 268 g/mol. The van der Waals surface area contributed by atoms with Crippen molar-refractivity contribution in [3.05, 3.63) is 0 Å². The lowest BCUT2D eigenvalue weighted by molar-refractivity contribution is 0.00867. The van der Waals surface area contributed by atoms with Crippen molar-refractivity contribution in [2.45, 2.75) is 52.2 Å². The Labute approximate surface area is 118 Å². The van der Waals surface area contributed by atoms with E-state index in [-0.39, 0.29) is 6.10 Å². The molecule has 1 saturated carbocycles. The van der Waals surface area contributed by atoms with Gasteiger partial charge in [0.1, 0.15) is 0 Å². The Hall–Kier alpha value is -0.120. The second kappa shape index (κ2) is 6.55. The summed E-state index contributed by atoms with van der Waals surface area (Å²) in [4.78, 5) is 2.49. The zero-order chi connectivity index (χ0) is 14.0. The zero-order valence-corrected chi connectivity index (χ0v) is 13.1. The molecule has 2 fully saturated rings. The normalized spacial score (nSPS) is 45.3. The van der Waals surface area contributed by atoms with Gasteiger partial charge in [-0.05, 0) is 56.5 Å². The van der Waals surface area contributed by atoms with Crippen LogP contribution >= 0.6 is 0 Å². The summed E-state index contributed by atoms with van der Waals surface area (Å²) in [6, 6.07) is 0.648. The number of hydrogen-bond donors (Lipinski definition) is 2. The van der Waals surface area contributed by atoms with E-state index in [1.165, 1.54) is 12.8 Å². The second-order valence-corrected chi connectivity index (χ2v) is 7.21. The van der Waals surface area contributed by atoms with Crippen molar-refractivity contribution in [1.82, 2.24) is 10.2 Å². The molecule has 6 unspecified atom stereocenters. The molecule has 1 aliphatic carbocycles. The molecule has 19 heavy (non-hydrogen) atoms. The molecule has 2 rings (SSSR count). The molecule has 0 aromatic carbocycles. The van der Waals surface area contributed by atoms with Crippen molar-refractivity contribution in [1.29, 1.82) is 0 Å². The minimum absolute atomic E-state index is 0.125. The van der Waals surface area contributed by atoms with Gasteiger partial charge >= 0.3 is 0 Å². The Morgan fingerprint density at radius 1 is 1.16 bits per heavy atom. The van der Waals surface area contributed by atoms with Crippen LogP contribution in [-0.2, 0) is 0 Å². The van der Waals surface area contributed by atoms with Crippen molar-refractivity contribution >= 4 is 0 Å². The molecule has 2 N–H and O–H groups in total. The van der Waals surface area contributed by atoms with Gasteiger partial charge in [-0.3, -0.25) is 0 Å². The van der Waals surface area contributed by atoms with Crippen molar-refractivity contribution in [3.8, 4) is 0 Å². The van der Waals surface area contributed by atoms with E-state index in [4.69, 9.17) is 0 Å². The van der Waals surface area contributed by atoms with Gasteiger partial charge in [0.2, 0.25) is 0 Å². The molecule has 2 aliphatic rings. The van der Waals surface area contributed by atoms with Crippen LogP contribution in [0.1, 0.15) is 40.0 Å². The number of β-amino-alcohol motifs (C(OH)–C–C–N with tert-alkyl or cyclic N) is 1. The Balaban J connectivity index is 1.93. The fourth-order valence-electron chi connectivity index (χ4n) is 4.13. The maximum atomic E-state index is 10.1. The lowest BCUT2D eigenvalue weighted by atomic mass is 9.72. The largest absolute Gasteiger partial charge is 0.392 e. The minimum atomic E-state index is -0.125. The van der Waals surface area contributed by atoms with Gasteiger partial charge in [-0.2, -0.15) is 0 Å². The van der Waals surface area contributed by atoms with Crippen LogP contribution in [0, 0.1) is 23.7 Å². The average molecular weight is 268 g/mol. The first kappa shape index (κ1) is 15.3. The van der Waals surface area contributed by atoms with E-state index >= 15 is 0 Å². The molecule has 0 aromatic rings. The lowest BCUT2D eigenvalue weighted by Crippen LogP contribution is -2.51. The van der Waals surface area contributed by atoms with Gasteiger partial charge in [0.25, 0.3) is 0 Å². The van der Waals surface area contributed by atoms with Crippen molar-refractivity contribution in [2.24, 2.45) is 23.7 Å². The summed E-state index contributed by atoms with van der Waals surface area (Å²) in [5.74, 6) is 2.84. The highest BCUT2D eigenvalue weighted by Crippen LogP contribution is 2.34. The molecule has 3 nitrogen and oxygen atoms in total. The molecule has 0 radical (unpaired) electrons. The van der Waals surface area contributed by atoms with Gasteiger partial charge in [0.15, 0.2) is 0 Å². The molecule has 1 aliphatic heterocycles. The van der Waals surface area contributed by atoms with Crippen LogP contribution in [0.3, 0.4) is 0 Å². The minimum Gasteiger partial charge on any atom is -0.392 e. The summed E-state index contributed by atoms with van der Waals surface area (Å²) >= 11 is 0. The molecule has 0 amide bonds. The molecule has 3 heteroatoms. The third-order valence-corrected chi connectivity index (χ3v) is 5.52. The van der Waals surface area contributed by atoms with Gasteiger partial charge in [0, 0.05) is 19.1 Å². The Morgan fingerprint density at radius 2 is 1.89 bits per heavy atom. The highest BCUT2D eigenvalue weighted by atomic mass is 16.3. The predicted molar refractivity (Wildman–Crippen MR) is 80.1 cm³/mol. The van der Waals surface area contributed by atoms with Crippen LogP contribution in [0.4, 0.5) is 0 Å².